The molecule has 0 saturated heterocycles. The zero-order valence-electron chi connectivity index (χ0n) is 8.68. The second kappa shape index (κ2) is 4.13. The first-order valence-corrected chi connectivity index (χ1v) is 6.05. The van der Waals surface area contributed by atoms with Crippen LogP contribution >= 0.6 is 0 Å². The maximum atomic E-state index is 12.2. The summed E-state index contributed by atoms with van der Waals surface area (Å²) in [6.07, 6.45) is 2.72. The van der Waals surface area contributed by atoms with Crippen LogP contribution in [0.3, 0.4) is 0 Å². The fourth-order valence-electron chi connectivity index (χ4n) is 1.33. The fraction of sp³-hybridized carbons (Fsp3) is 0.100. The molecule has 0 N–H and O–H groups in total. The first kappa shape index (κ1) is 12.6. The third-order valence-corrected chi connectivity index (χ3v) is 3.09. The molecule has 0 radical (unpaired) electrons. The topological polar surface area (TPSA) is 56.3 Å². The van der Waals surface area contributed by atoms with Crippen LogP contribution in [0.4, 0.5) is 13.2 Å². The van der Waals surface area contributed by atoms with Gasteiger partial charge in [-0.15, -0.1) is 0 Å². The van der Waals surface area contributed by atoms with E-state index in [9.17, 15) is 21.6 Å². The van der Waals surface area contributed by atoms with Crippen molar-refractivity contribution in [1.82, 2.24) is 4.98 Å². The maximum Gasteiger partial charge on any atom is 0.534 e. The zero-order valence-corrected chi connectivity index (χ0v) is 9.49. The molecule has 0 amide bonds. The Labute approximate surface area is 100 Å². The Morgan fingerprint density at radius 1 is 1.17 bits per heavy atom. The van der Waals surface area contributed by atoms with Crippen LogP contribution < -0.4 is 4.18 Å². The van der Waals surface area contributed by atoms with Crippen LogP contribution in [-0.4, -0.2) is 18.9 Å². The summed E-state index contributed by atoms with van der Waals surface area (Å²) in [5.74, 6) is -0.382. The Hall–Kier alpha value is -1.83. The average molecular weight is 277 g/mol. The summed E-state index contributed by atoms with van der Waals surface area (Å²) in [6.45, 7) is 0. The number of alkyl halides is 3. The van der Waals surface area contributed by atoms with Gasteiger partial charge in [0.1, 0.15) is 0 Å². The van der Waals surface area contributed by atoms with Gasteiger partial charge in [-0.05, 0) is 12.1 Å². The number of fused-ring (bicyclic) bond motifs is 1. The molecular weight excluding hydrogens is 271 g/mol. The predicted molar refractivity (Wildman–Crippen MR) is 57.3 cm³/mol. The van der Waals surface area contributed by atoms with Crippen LogP contribution in [0.5, 0.6) is 5.75 Å². The van der Waals surface area contributed by atoms with Crippen molar-refractivity contribution >= 4 is 20.9 Å². The van der Waals surface area contributed by atoms with Crippen molar-refractivity contribution < 1.29 is 25.8 Å². The van der Waals surface area contributed by atoms with Crippen molar-refractivity contribution in [2.45, 2.75) is 5.51 Å². The highest BCUT2D eigenvalue weighted by Gasteiger charge is 2.48. The minimum absolute atomic E-state index is 0.236. The molecule has 0 saturated carbocycles. The number of nitrogens with zero attached hydrogens (tertiary/aromatic N) is 1. The fourth-order valence-corrected chi connectivity index (χ4v) is 1.81. The summed E-state index contributed by atoms with van der Waals surface area (Å²) in [4.78, 5) is 3.77. The number of pyridine rings is 1. The zero-order chi connectivity index (χ0) is 13.4. The highest BCUT2D eigenvalue weighted by molar-refractivity contribution is 7.88. The minimum Gasteiger partial charge on any atom is -0.375 e. The average Bonchev–Trinajstić information content (AvgIpc) is 2.27. The molecule has 4 nitrogen and oxygen atoms in total. The summed E-state index contributed by atoms with van der Waals surface area (Å²) in [5, 5.41) is 0.715. The molecule has 8 heteroatoms. The highest BCUT2D eigenvalue weighted by Crippen LogP contribution is 2.31. The lowest BCUT2D eigenvalue weighted by atomic mass is 10.2. The lowest BCUT2D eigenvalue weighted by Gasteiger charge is -2.10. The van der Waals surface area contributed by atoms with Gasteiger partial charge in [-0.2, -0.15) is 21.6 Å². The van der Waals surface area contributed by atoms with Gasteiger partial charge in [-0.25, -0.2) is 0 Å². The number of halogens is 3. The van der Waals surface area contributed by atoms with Gasteiger partial charge in [0.15, 0.2) is 5.75 Å². The summed E-state index contributed by atoms with van der Waals surface area (Å²) >= 11 is 0. The van der Waals surface area contributed by atoms with Gasteiger partial charge in [0.2, 0.25) is 0 Å². The Kier molecular flexibility index (Phi) is 2.89. The quantitative estimate of drug-likeness (QED) is 0.625. The van der Waals surface area contributed by atoms with Crippen molar-refractivity contribution in [2.24, 2.45) is 0 Å². The Bertz CT molecular complexity index is 677. The molecule has 0 spiro atoms. The van der Waals surface area contributed by atoms with E-state index in [0.717, 1.165) is 6.07 Å². The molecular formula is C10H6F3NO3S. The number of benzene rings is 1. The standard InChI is InChI=1S/C10H6F3NO3S/c11-10(12,13)18(15,16)17-9-3-1-2-7-6-14-5-4-8(7)9/h1-6H. The van der Waals surface area contributed by atoms with Gasteiger partial charge in [0.25, 0.3) is 0 Å². The van der Waals surface area contributed by atoms with Crippen molar-refractivity contribution in [1.29, 1.82) is 0 Å². The molecule has 0 aliphatic rings. The third-order valence-electron chi connectivity index (χ3n) is 2.12. The molecule has 1 aromatic heterocycles. The monoisotopic (exact) mass is 277 g/mol. The summed E-state index contributed by atoms with van der Waals surface area (Å²) in [6, 6.07) is 5.48. The van der Waals surface area contributed by atoms with Gasteiger partial charge in [-0.1, -0.05) is 12.1 Å². The molecule has 0 bridgehead atoms. The summed E-state index contributed by atoms with van der Waals surface area (Å²) in [5.41, 5.74) is -5.46. The maximum absolute atomic E-state index is 12.2. The number of hydrogen-bond acceptors (Lipinski definition) is 4. The van der Waals surface area contributed by atoms with Gasteiger partial charge < -0.3 is 4.18 Å². The number of hydrogen-bond donors (Lipinski definition) is 0. The predicted octanol–water partition coefficient (Wildman–Crippen LogP) is 2.46. The summed E-state index contributed by atoms with van der Waals surface area (Å²) in [7, 11) is -5.66. The van der Waals surface area contributed by atoms with Crippen LogP contribution in [0.25, 0.3) is 10.8 Å². The molecule has 0 aliphatic heterocycles. The molecule has 0 unspecified atom stereocenters. The Morgan fingerprint density at radius 2 is 1.89 bits per heavy atom. The van der Waals surface area contributed by atoms with E-state index in [0.29, 0.717) is 5.39 Å². The molecule has 0 aliphatic carbocycles. The van der Waals surface area contributed by atoms with Gasteiger partial charge in [0, 0.05) is 23.2 Å². The molecule has 96 valence electrons. The van der Waals surface area contributed by atoms with Gasteiger partial charge >= 0.3 is 15.6 Å². The van der Waals surface area contributed by atoms with E-state index < -0.39 is 15.6 Å². The molecule has 2 rings (SSSR count). The van der Waals surface area contributed by atoms with E-state index in [1.165, 1.54) is 24.5 Å². The van der Waals surface area contributed by atoms with Crippen LogP contribution in [0.1, 0.15) is 0 Å². The lowest BCUT2D eigenvalue weighted by Crippen LogP contribution is -2.28. The van der Waals surface area contributed by atoms with E-state index in [1.54, 1.807) is 6.07 Å². The SMILES string of the molecule is O=S(=O)(Oc1cccc2cnccc12)C(F)(F)F. The first-order valence-electron chi connectivity index (χ1n) is 4.65. The van der Waals surface area contributed by atoms with Crippen LogP contribution in [-0.2, 0) is 10.1 Å². The van der Waals surface area contributed by atoms with Crippen LogP contribution in [0.2, 0.25) is 0 Å². The normalized spacial score (nSPS) is 12.6. The second-order valence-corrected chi connectivity index (χ2v) is 4.87. The Balaban J connectivity index is 2.51. The molecule has 1 heterocycles. The van der Waals surface area contributed by atoms with Gasteiger partial charge in [0.05, 0.1) is 0 Å². The van der Waals surface area contributed by atoms with Crippen molar-refractivity contribution in [3.05, 3.63) is 36.7 Å². The molecule has 0 fully saturated rings. The van der Waals surface area contributed by atoms with Gasteiger partial charge in [-0.3, -0.25) is 4.98 Å². The van der Waals surface area contributed by atoms with Crippen molar-refractivity contribution in [3.8, 4) is 5.75 Å². The lowest BCUT2D eigenvalue weighted by molar-refractivity contribution is -0.0499. The van der Waals surface area contributed by atoms with Crippen molar-refractivity contribution in [2.75, 3.05) is 0 Å². The molecule has 2 aromatic rings. The molecule has 18 heavy (non-hydrogen) atoms. The molecule has 0 atom stereocenters. The van der Waals surface area contributed by atoms with Crippen LogP contribution in [0.15, 0.2) is 36.7 Å². The van der Waals surface area contributed by atoms with Crippen molar-refractivity contribution in [3.63, 3.8) is 0 Å². The largest absolute Gasteiger partial charge is 0.534 e. The third kappa shape index (κ3) is 2.23. The van der Waals surface area contributed by atoms with E-state index >= 15 is 0 Å². The smallest absolute Gasteiger partial charge is 0.375 e. The Morgan fingerprint density at radius 3 is 2.56 bits per heavy atom. The van der Waals surface area contributed by atoms with E-state index in [4.69, 9.17) is 0 Å². The van der Waals surface area contributed by atoms with E-state index in [1.807, 2.05) is 0 Å². The number of aromatic nitrogens is 1. The first-order chi connectivity index (χ1) is 8.31. The number of rotatable bonds is 2. The highest BCUT2D eigenvalue weighted by atomic mass is 32.2. The summed E-state index contributed by atoms with van der Waals surface area (Å²) < 4.78 is 62.5. The van der Waals surface area contributed by atoms with Crippen LogP contribution in [0, 0.1) is 0 Å². The van der Waals surface area contributed by atoms with E-state index in [-0.39, 0.29) is 11.1 Å². The second-order valence-electron chi connectivity index (χ2n) is 3.34. The van der Waals surface area contributed by atoms with E-state index in [2.05, 4.69) is 9.17 Å². The minimum atomic E-state index is -5.66. The molecule has 1 aromatic carbocycles.